The topological polar surface area (TPSA) is 92.4 Å². The number of nitrogens with zero attached hydrogens (tertiary/aromatic N) is 1. The summed E-state index contributed by atoms with van der Waals surface area (Å²) in [6.07, 6.45) is 0.0451. The number of carbonyl (C=O) groups is 2. The second kappa shape index (κ2) is 5.74. The molecule has 0 bridgehead atoms. The van der Waals surface area contributed by atoms with Gasteiger partial charge in [-0.2, -0.15) is 0 Å². The lowest BCUT2D eigenvalue weighted by molar-refractivity contribution is -0.115. The minimum Gasteiger partial charge on any atom is -0.478 e. The van der Waals surface area contributed by atoms with Gasteiger partial charge in [-0.15, -0.1) is 0 Å². The molecule has 2 N–H and O–H groups in total. The third-order valence-corrected chi connectivity index (χ3v) is 3.00. The second-order valence-electron chi connectivity index (χ2n) is 4.53. The second-order valence-corrected chi connectivity index (χ2v) is 4.53. The molecule has 0 spiro atoms. The molecule has 1 aromatic carbocycles. The van der Waals surface area contributed by atoms with E-state index in [-0.39, 0.29) is 18.0 Å². The highest BCUT2D eigenvalue weighted by Crippen LogP contribution is 2.17. The quantitative estimate of drug-likeness (QED) is 0.902. The van der Waals surface area contributed by atoms with Gasteiger partial charge in [0.25, 0.3) is 0 Å². The first-order valence-corrected chi connectivity index (χ1v) is 6.13. The summed E-state index contributed by atoms with van der Waals surface area (Å²) in [7, 11) is 0. The molecule has 0 atom stereocenters. The summed E-state index contributed by atoms with van der Waals surface area (Å²) in [5.74, 6) is -2.08. The standard InChI is InChI=1S/C14H13FN2O4/c1-7-11(8(2)21-17-7)6-13(18)16-9-3-4-10(14(19)20)12(15)5-9/h3-5H,6H2,1-2H3,(H,16,18)(H,19,20). The first-order chi connectivity index (χ1) is 9.88. The maximum atomic E-state index is 13.5. The minimum absolute atomic E-state index is 0.0451. The Balaban J connectivity index is 2.10. The fourth-order valence-corrected chi connectivity index (χ4v) is 1.89. The Kier molecular flexibility index (Phi) is 4.02. The summed E-state index contributed by atoms with van der Waals surface area (Å²) in [6.45, 7) is 3.42. The lowest BCUT2D eigenvalue weighted by Crippen LogP contribution is -2.15. The Morgan fingerprint density at radius 1 is 1.38 bits per heavy atom. The normalized spacial score (nSPS) is 10.4. The van der Waals surface area contributed by atoms with E-state index in [1.807, 2.05) is 0 Å². The molecule has 2 rings (SSSR count). The van der Waals surface area contributed by atoms with Crippen molar-refractivity contribution in [1.82, 2.24) is 5.16 Å². The Morgan fingerprint density at radius 2 is 2.10 bits per heavy atom. The van der Waals surface area contributed by atoms with Crippen LogP contribution in [-0.2, 0) is 11.2 Å². The SMILES string of the molecule is Cc1noc(C)c1CC(=O)Nc1ccc(C(=O)O)c(F)c1. The number of aromatic nitrogens is 1. The van der Waals surface area contributed by atoms with Gasteiger partial charge in [0.05, 0.1) is 17.7 Å². The van der Waals surface area contributed by atoms with Gasteiger partial charge in [-0.25, -0.2) is 9.18 Å². The number of rotatable bonds is 4. The van der Waals surface area contributed by atoms with Gasteiger partial charge < -0.3 is 14.9 Å². The van der Waals surface area contributed by atoms with E-state index in [9.17, 15) is 14.0 Å². The third-order valence-electron chi connectivity index (χ3n) is 3.00. The molecule has 1 amide bonds. The third kappa shape index (κ3) is 3.25. The Hall–Kier alpha value is -2.70. The monoisotopic (exact) mass is 292 g/mol. The number of nitrogens with one attached hydrogen (secondary N) is 1. The number of carbonyl (C=O) groups excluding carboxylic acids is 1. The van der Waals surface area contributed by atoms with E-state index in [1.54, 1.807) is 13.8 Å². The summed E-state index contributed by atoms with van der Waals surface area (Å²) < 4.78 is 18.5. The lowest BCUT2D eigenvalue weighted by Gasteiger charge is -2.06. The zero-order chi connectivity index (χ0) is 15.6. The molecule has 0 aliphatic carbocycles. The van der Waals surface area contributed by atoms with Crippen molar-refractivity contribution in [3.05, 3.63) is 46.6 Å². The minimum atomic E-state index is -1.36. The van der Waals surface area contributed by atoms with Gasteiger partial charge in [-0.1, -0.05) is 5.16 Å². The van der Waals surface area contributed by atoms with E-state index in [4.69, 9.17) is 9.63 Å². The van der Waals surface area contributed by atoms with E-state index in [0.717, 1.165) is 12.1 Å². The van der Waals surface area contributed by atoms with E-state index in [2.05, 4.69) is 10.5 Å². The van der Waals surface area contributed by atoms with Crippen molar-refractivity contribution in [2.45, 2.75) is 20.3 Å². The molecule has 2 aromatic rings. The number of benzene rings is 1. The molecule has 1 heterocycles. The summed E-state index contributed by atoms with van der Waals surface area (Å²) in [5.41, 5.74) is 1.04. The Morgan fingerprint density at radius 3 is 2.62 bits per heavy atom. The van der Waals surface area contributed by atoms with Gasteiger partial charge in [0.1, 0.15) is 11.6 Å². The largest absolute Gasteiger partial charge is 0.478 e. The summed E-state index contributed by atoms with van der Waals surface area (Å²) in [5, 5.41) is 15.0. The van der Waals surface area contributed by atoms with Gasteiger partial charge in [0, 0.05) is 11.3 Å². The maximum absolute atomic E-state index is 13.5. The number of amides is 1. The van der Waals surface area contributed by atoms with Crippen molar-refractivity contribution < 1.29 is 23.6 Å². The van der Waals surface area contributed by atoms with Crippen LogP contribution in [0.2, 0.25) is 0 Å². The van der Waals surface area contributed by atoms with E-state index in [0.29, 0.717) is 17.0 Å². The summed E-state index contributed by atoms with van der Waals surface area (Å²) >= 11 is 0. The van der Waals surface area contributed by atoms with Crippen LogP contribution in [0.1, 0.15) is 27.4 Å². The molecule has 0 aliphatic heterocycles. The predicted molar refractivity (Wildman–Crippen MR) is 71.7 cm³/mol. The van der Waals surface area contributed by atoms with Gasteiger partial charge >= 0.3 is 5.97 Å². The van der Waals surface area contributed by atoms with Crippen LogP contribution in [-0.4, -0.2) is 22.1 Å². The summed E-state index contributed by atoms with van der Waals surface area (Å²) in [4.78, 5) is 22.6. The van der Waals surface area contributed by atoms with Crippen LogP contribution in [0.3, 0.4) is 0 Å². The fraction of sp³-hybridized carbons (Fsp3) is 0.214. The molecule has 0 unspecified atom stereocenters. The number of carboxylic acids is 1. The number of aryl methyl sites for hydroxylation is 2. The molecule has 110 valence electrons. The molecule has 0 radical (unpaired) electrons. The molecule has 0 fully saturated rings. The van der Waals surface area contributed by atoms with Gasteiger partial charge in [0.2, 0.25) is 5.91 Å². The zero-order valence-corrected chi connectivity index (χ0v) is 11.4. The average Bonchev–Trinajstić information content (AvgIpc) is 2.70. The van der Waals surface area contributed by atoms with Crippen molar-refractivity contribution in [3.63, 3.8) is 0 Å². The highest BCUT2D eigenvalue weighted by atomic mass is 19.1. The first kappa shape index (κ1) is 14.7. The number of hydrogen-bond donors (Lipinski definition) is 2. The van der Waals surface area contributed by atoms with Crippen molar-refractivity contribution >= 4 is 17.6 Å². The highest BCUT2D eigenvalue weighted by Gasteiger charge is 2.15. The summed E-state index contributed by atoms with van der Waals surface area (Å²) in [6, 6.07) is 3.40. The van der Waals surface area contributed by atoms with Crippen LogP contribution >= 0.6 is 0 Å². The molecule has 7 heteroatoms. The highest BCUT2D eigenvalue weighted by molar-refractivity contribution is 5.93. The van der Waals surface area contributed by atoms with Crippen molar-refractivity contribution in [1.29, 1.82) is 0 Å². The Labute approximate surface area is 119 Å². The molecular formula is C14H13FN2O4. The van der Waals surface area contributed by atoms with Gasteiger partial charge in [-0.3, -0.25) is 4.79 Å². The van der Waals surface area contributed by atoms with Crippen LogP contribution in [0, 0.1) is 19.7 Å². The molecule has 0 saturated carbocycles. The fourth-order valence-electron chi connectivity index (χ4n) is 1.89. The van der Waals surface area contributed by atoms with Crippen LogP contribution in [0.4, 0.5) is 10.1 Å². The van der Waals surface area contributed by atoms with Crippen LogP contribution in [0.15, 0.2) is 22.7 Å². The molecule has 21 heavy (non-hydrogen) atoms. The van der Waals surface area contributed by atoms with E-state index >= 15 is 0 Å². The van der Waals surface area contributed by atoms with Crippen LogP contribution in [0.25, 0.3) is 0 Å². The predicted octanol–water partition coefficient (Wildman–Crippen LogP) is 2.31. The number of carboxylic acid groups (broad SMARTS) is 1. The molecule has 0 saturated heterocycles. The number of anilines is 1. The van der Waals surface area contributed by atoms with Crippen molar-refractivity contribution in [2.75, 3.05) is 5.32 Å². The van der Waals surface area contributed by atoms with Crippen molar-refractivity contribution in [3.8, 4) is 0 Å². The number of halogens is 1. The molecule has 1 aromatic heterocycles. The maximum Gasteiger partial charge on any atom is 0.338 e. The zero-order valence-electron chi connectivity index (χ0n) is 11.4. The molecular weight excluding hydrogens is 279 g/mol. The van der Waals surface area contributed by atoms with Crippen LogP contribution < -0.4 is 5.32 Å². The molecule has 6 nitrogen and oxygen atoms in total. The van der Waals surface area contributed by atoms with E-state index in [1.165, 1.54) is 6.07 Å². The Bertz CT molecular complexity index is 689. The molecule has 0 aliphatic rings. The van der Waals surface area contributed by atoms with Crippen molar-refractivity contribution in [2.24, 2.45) is 0 Å². The average molecular weight is 292 g/mol. The number of aromatic carboxylic acids is 1. The van der Waals surface area contributed by atoms with Crippen LogP contribution in [0.5, 0.6) is 0 Å². The number of hydrogen-bond acceptors (Lipinski definition) is 4. The van der Waals surface area contributed by atoms with Gasteiger partial charge in [0.15, 0.2) is 0 Å². The van der Waals surface area contributed by atoms with Gasteiger partial charge in [-0.05, 0) is 32.0 Å². The lowest BCUT2D eigenvalue weighted by atomic mass is 10.1. The smallest absolute Gasteiger partial charge is 0.338 e. The first-order valence-electron chi connectivity index (χ1n) is 6.13. The van der Waals surface area contributed by atoms with E-state index < -0.39 is 17.3 Å².